The van der Waals surface area contributed by atoms with E-state index in [0.717, 1.165) is 28.6 Å². The van der Waals surface area contributed by atoms with Gasteiger partial charge in [-0.2, -0.15) is 0 Å². The maximum absolute atomic E-state index is 11.4. The van der Waals surface area contributed by atoms with Crippen molar-refractivity contribution >= 4 is 45.8 Å². The van der Waals surface area contributed by atoms with Gasteiger partial charge in [0.15, 0.2) is 0 Å². The lowest BCUT2D eigenvalue weighted by atomic mass is 10.1. The zero-order chi connectivity index (χ0) is 12.3. The van der Waals surface area contributed by atoms with E-state index < -0.39 is 0 Å². The predicted octanol–water partition coefficient (Wildman–Crippen LogP) is 3.03. The molecule has 0 spiro atoms. The van der Waals surface area contributed by atoms with E-state index in [2.05, 4.69) is 33.2 Å². The smallest absolute Gasteiger partial charge is 0.222 e. The lowest BCUT2D eigenvalue weighted by Gasteiger charge is -2.17. The molecule has 17 heavy (non-hydrogen) atoms. The van der Waals surface area contributed by atoms with Crippen LogP contribution in [0.15, 0.2) is 18.2 Å². The van der Waals surface area contributed by atoms with Crippen molar-refractivity contribution in [3.05, 3.63) is 26.8 Å². The molecule has 0 bridgehead atoms. The third-order valence-corrected chi connectivity index (χ3v) is 3.77. The number of benzene rings is 1. The first-order valence-corrected chi connectivity index (χ1v) is 7.09. The average Bonchev–Trinajstić information content (AvgIpc) is 2.48. The molecule has 1 unspecified atom stereocenters. The number of amides is 1. The van der Waals surface area contributed by atoms with Crippen LogP contribution in [0.1, 0.15) is 19.3 Å². The summed E-state index contributed by atoms with van der Waals surface area (Å²) in [6.45, 7) is 0.775. The highest BCUT2D eigenvalue weighted by Crippen LogP contribution is 2.26. The summed E-state index contributed by atoms with van der Waals surface area (Å²) in [6.07, 6.45) is 2.51. The molecule has 5 heteroatoms. The van der Waals surface area contributed by atoms with Crippen molar-refractivity contribution in [2.45, 2.75) is 25.3 Å². The minimum Gasteiger partial charge on any atom is -0.381 e. The summed E-state index contributed by atoms with van der Waals surface area (Å²) in [4.78, 5) is 11.4. The van der Waals surface area contributed by atoms with Gasteiger partial charge in [0.05, 0.1) is 10.7 Å². The molecule has 1 saturated heterocycles. The van der Waals surface area contributed by atoms with Crippen LogP contribution in [0.25, 0.3) is 0 Å². The van der Waals surface area contributed by atoms with Gasteiger partial charge in [-0.25, -0.2) is 0 Å². The molecule has 1 amide bonds. The van der Waals surface area contributed by atoms with Crippen LogP contribution in [-0.4, -0.2) is 18.5 Å². The molecule has 1 aliphatic rings. The van der Waals surface area contributed by atoms with E-state index in [1.165, 1.54) is 0 Å². The fraction of sp³-hybridized carbons (Fsp3) is 0.417. The molecule has 0 saturated carbocycles. The van der Waals surface area contributed by atoms with Crippen LogP contribution in [-0.2, 0) is 4.79 Å². The standard InChI is InChI=1S/C12H14ClIN2O/c13-10-4-3-8(14)6-11(10)16-9-2-1-5-15-12(17)7-9/h3-4,6,9,16H,1-2,5,7H2,(H,15,17). The van der Waals surface area contributed by atoms with Crippen molar-refractivity contribution in [3.8, 4) is 0 Å². The third kappa shape index (κ3) is 3.74. The van der Waals surface area contributed by atoms with Gasteiger partial charge in [-0.1, -0.05) is 11.6 Å². The molecule has 0 aliphatic carbocycles. The number of anilines is 1. The highest BCUT2D eigenvalue weighted by molar-refractivity contribution is 14.1. The number of carbonyl (C=O) groups is 1. The van der Waals surface area contributed by atoms with E-state index in [-0.39, 0.29) is 11.9 Å². The Balaban J connectivity index is 2.08. The van der Waals surface area contributed by atoms with Crippen molar-refractivity contribution in [2.75, 3.05) is 11.9 Å². The Bertz CT molecular complexity index is 425. The lowest BCUT2D eigenvalue weighted by Crippen LogP contribution is -2.26. The van der Waals surface area contributed by atoms with Crippen molar-refractivity contribution in [2.24, 2.45) is 0 Å². The number of nitrogens with one attached hydrogen (secondary N) is 2. The van der Waals surface area contributed by atoms with E-state index in [1.807, 2.05) is 18.2 Å². The molecule has 1 aromatic rings. The van der Waals surface area contributed by atoms with Crippen LogP contribution >= 0.6 is 34.2 Å². The third-order valence-electron chi connectivity index (χ3n) is 2.77. The quantitative estimate of drug-likeness (QED) is 0.792. The summed E-state index contributed by atoms with van der Waals surface area (Å²) in [5, 5.41) is 6.94. The molecule has 92 valence electrons. The van der Waals surface area contributed by atoms with Gasteiger partial charge < -0.3 is 10.6 Å². The summed E-state index contributed by atoms with van der Waals surface area (Å²) in [5.41, 5.74) is 0.915. The molecule has 1 heterocycles. The maximum atomic E-state index is 11.4. The zero-order valence-corrected chi connectivity index (χ0v) is 12.2. The second kappa shape index (κ2) is 5.91. The number of carbonyl (C=O) groups excluding carboxylic acids is 1. The van der Waals surface area contributed by atoms with Gasteiger partial charge >= 0.3 is 0 Å². The predicted molar refractivity (Wildman–Crippen MR) is 78.4 cm³/mol. The van der Waals surface area contributed by atoms with Crippen molar-refractivity contribution in [3.63, 3.8) is 0 Å². The minimum absolute atomic E-state index is 0.113. The van der Waals surface area contributed by atoms with Gasteiger partial charge in [0.2, 0.25) is 5.91 Å². The molecule has 2 rings (SSSR count). The maximum Gasteiger partial charge on any atom is 0.222 e. The van der Waals surface area contributed by atoms with Gasteiger partial charge in [0.25, 0.3) is 0 Å². The molecular formula is C12H14ClIN2O. The molecule has 0 aromatic heterocycles. The van der Waals surface area contributed by atoms with E-state index in [0.29, 0.717) is 11.4 Å². The van der Waals surface area contributed by atoms with E-state index in [4.69, 9.17) is 11.6 Å². The first kappa shape index (κ1) is 13.0. The van der Waals surface area contributed by atoms with Gasteiger partial charge in [-0.3, -0.25) is 4.79 Å². The molecule has 0 radical (unpaired) electrons. The largest absolute Gasteiger partial charge is 0.381 e. The second-order valence-corrected chi connectivity index (χ2v) is 5.81. The Morgan fingerprint density at radius 1 is 1.47 bits per heavy atom. The molecule has 1 aromatic carbocycles. The number of hydrogen-bond donors (Lipinski definition) is 2. The normalized spacial score (nSPS) is 20.6. The summed E-state index contributed by atoms with van der Waals surface area (Å²) in [6, 6.07) is 6.02. The van der Waals surface area contributed by atoms with Crippen LogP contribution < -0.4 is 10.6 Å². The van der Waals surface area contributed by atoms with Crippen molar-refractivity contribution < 1.29 is 4.79 Å². The topological polar surface area (TPSA) is 41.1 Å². The number of hydrogen-bond acceptors (Lipinski definition) is 2. The Hall–Kier alpha value is -0.490. The summed E-state index contributed by atoms with van der Waals surface area (Å²) in [7, 11) is 0. The lowest BCUT2D eigenvalue weighted by molar-refractivity contribution is -0.120. The minimum atomic E-state index is 0.113. The van der Waals surface area contributed by atoms with Gasteiger partial charge in [-0.05, 0) is 53.6 Å². The highest BCUT2D eigenvalue weighted by atomic mass is 127. The Labute approximate surface area is 119 Å². The Morgan fingerprint density at radius 3 is 3.12 bits per heavy atom. The van der Waals surface area contributed by atoms with E-state index in [9.17, 15) is 4.79 Å². The molecule has 1 atom stereocenters. The van der Waals surface area contributed by atoms with Crippen LogP contribution in [0.3, 0.4) is 0 Å². The van der Waals surface area contributed by atoms with E-state index >= 15 is 0 Å². The van der Waals surface area contributed by atoms with E-state index in [1.54, 1.807) is 0 Å². The second-order valence-electron chi connectivity index (χ2n) is 4.16. The fourth-order valence-electron chi connectivity index (χ4n) is 1.93. The Kier molecular flexibility index (Phi) is 4.50. The van der Waals surface area contributed by atoms with Crippen molar-refractivity contribution in [1.82, 2.24) is 5.32 Å². The summed E-state index contributed by atoms with van der Waals surface area (Å²) < 4.78 is 1.13. The molecule has 1 fully saturated rings. The van der Waals surface area contributed by atoms with Gasteiger partial charge in [-0.15, -0.1) is 0 Å². The van der Waals surface area contributed by atoms with Crippen LogP contribution in [0.5, 0.6) is 0 Å². The molecule has 1 aliphatic heterocycles. The monoisotopic (exact) mass is 364 g/mol. The molecule has 3 nitrogen and oxygen atoms in total. The molecular weight excluding hydrogens is 351 g/mol. The Morgan fingerprint density at radius 2 is 2.29 bits per heavy atom. The van der Waals surface area contributed by atoms with Crippen molar-refractivity contribution in [1.29, 1.82) is 0 Å². The zero-order valence-electron chi connectivity index (χ0n) is 9.30. The van der Waals surface area contributed by atoms with Gasteiger partial charge in [0, 0.05) is 22.6 Å². The number of halogens is 2. The first-order chi connectivity index (χ1) is 8.15. The van der Waals surface area contributed by atoms with Crippen LogP contribution in [0, 0.1) is 3.57 Å². The number of rotatable bonds is 2. The summed E-state index contributed by atoms with van der Waals surface area (Å²) in [5.74, 6) is 0.113. The van der Waals surface area contributed by atoms with Gasteiger partial charge in [0.1, 0.15) is 0 Å². The fourth-order valence-corrected chi connectivity index (χ4v) is 2.59. The average molecular weight is 365 g/mol. The first-order valence-electron chi connectivity index (χ1n) is 5.63. The molecule has 2 N–H and O–H groups in total. The SMILES string of the molecule is O=C1CC(Nc2cc(I)ccc2Cl)CCCN1. The summed E-state index contributed by atoms with van der Waals surface area (Å²) >= 11 is 8.38. The van der Waals surface area contributed by atoms with Crippen LogP contribution in [0.2, 0.25) is 5.02 Å². The van der Waals surface area contributed by atoms with Crippen LogP contribution in [0.4, 0.5) is 5.69 Å². The highest BCUT2D eigenvalue weighted by Gasteiger charge is 2.17.